The lowest BCUT2D eigenvalue weighted by Crippen LogP contribution is -2.40. The maximum atomic E-state index is 12.3. The molecule has 8 heteroatoms. The molecule has 1 atom stereocenters. The van der Waals surface area contributed by atoms with E-state index in [4.69, 9.17) is 16.3 Å². The first kappa shape index (κ1) is 16.1. The Hall–Kier alpha value is -1.31. The molecule has 0 spiro atoms. The summed E-state index contributed by atoms with van der Waals surface area (Å²) < 4.78 is 32.4. The average Bonchev–Trinajstić information content (AvgIpc) is 2.73. The highest BCUT2D eigenvalue weighted by molar-refractivity contribution is 7.89. The molecule has 21 heavy (non-hydrogen) atoms. The minimum absolute atomic E-state index is 0.0257. The van der Waals surface area contributed by atoms with Crippen molar-refractivity contribution in [1.29, 1.82) is 0 Å². The van der Waals surface area contributed by atoms with Gasteiger partial charge in [-0.3, -0.25) is 4.79 Å². The molecule has 1 saturated heterocycles. The van der Waals surface area contributed by atoms with Gasteiger partial charge in [-0.1, -0.05) is 11.6 Å². The van der Waals surface area contributed by atoms with Crippen LogP contribution in [0.4, 0.5) is 0 Å². The normalized spacial score (nSPS) is 19.1. The number of ether oxygens (including phenoxy) is 1. The molecule has 1 N–H and O–H groups in total. The molecule has 116 valence electrons. The van der Waals surface area contributed by atoms with Crippen molar-refractivity contribution in [2.45, 2.75) is 24.3 Å². The van der Waals surface area contributed by atoms with E-state index in [0.29, 0.717) is 30.3 Å². The number of nitrogens with zero attached hydrogens (tertiary/aromatic N) is 1. The van der Waals surface area contributed by atoms with Crippen molar-refractivity contribution in [1.82, 2.24) is 9.62 Å². The number of nitrogens with one attached hydrogen (secondary N) is 1. The lowest BCUT2D eigenvalue weighted by atomic mass is 10.3. The molecular weight excluding hydrogens is 316 g/mol. The second-order valence-electron chi connectivity index (χ2n) is 4.75. The number of amides is 1. The van der Waals surface area contributed by atoms with Crippen molar-refractivity contribution in [3.05, 3.63) is 23.2 Å². The molecule has 1 amide bonds. The molecule has 0 radical (unpaired) electrons. The molecule has 1 aliphatic heterocycles. The Morgan fingerprint density at radius 3 is 2.76 bits per heavy atom. The lowest BCUT2D eigenvalue weighted by molar-refractivity contribution is -0.127. The van der Waals surface area contributed by atoms with E-state index in [2.05, 4.69) is 4.72 Å². The second-order valence-corrected chi connectivity index (χ2v) is 6.87. The predicted molar refractivity (Wildman–Crippen MR) is 79.0 cm³/mol. The summed E-state index contributed by atoms with van der Waals surface area (Å²) in [6, 6.07) is 3.49. The summed E-state index contributed by atoms with van der Waals surface area (Å²) in [5, 5.41) is 0.340. The molecule has 0 aliphatic carbocycles. The maximum absolute atomic E-state index is 12.3. The molecule has 1 fully saturated rings. The van der Waals surface area contributed by atoms with Crippen LogP contribution in [0.25, 0.3) is 0 Å². The van der Waals surface area contributed by atoms with Gasteiger partial charge in [-0.2, -0.15) is 4.72 Å². The Morgan fingerprint density at radius 1 is 1.48 bits per heavy atom. The smallest absolute Gasteiger partial charge is 0.241 e. The van der Waals surface area contributed by atoms with Crippen LogP contribution in [0.2, 0.25) is 5.02 Å². The summed E-state index contributed by atoms with van der Waals surface area (Å²) in [5.41, 5.74) is 0. The SMILES string of the molecule is CCOc1cc(S(=O)(=O)NC2CCN(C)C2=O)ccc1Cl. The highest BCUT2D eigenvalue weighted by Crippen LogP contribution is 2.27. The van der Waals surface area contributed by atoms with Crippen LogP contribution in [0.5, 0.6) is 5.75 Å². The lowest BCUT2D eigenvalue weighted by Gasteiger charge is -2.14. The summed E-state index contributed by atoms with van der Waals surface area (Å²) in [6.07, 6.45) is 0.459. The van der Waals surface area contributed by atoms with Crippen molar-refractivity contribution in [2.24, 2.45) is 0 Å². The fourth-order valence-electron chi connectivity index (χ4n) is 2.10. The van der Waals surface area contributed by atoms with Gasteiger partial charge in [-0.15, -0.1) is 0 Å². The van der Waals surface area contributed by atoms with Gasteiger partial charge in [0.15, 0.2) is 0 Å². The van der Waals surface area contributed by atoms with Gasteiger partial charge in [0, 0.05) is 19.7 Å². The molecular formula is C13H17ClN2O4S. The van der Waals surface area contributed by atoms with E-state index < -0.39 is 16.1 Å². The number of rotatable bonds is 5. The van der Waals surface area contributed by atoms with E-state index >= 15 is 0 Å². The van der Waals surface area contributed by atoms with Gasteiger partial charge in [0.1, 0.15) is 11.8 Å². The van der Waals surface area contributed by atoms with E-state index in [-0.39, 0.29) is 10.8 Å². The van der Waals surface area contributed by atoms with E-state index in [9.17, 15) is 13.2 Å². The molecule has 1 heterocycles. The highest BCUT2D eigenvalue weighted by Gasteiger charge is 2.33. The quantitative estimate of drug-likeness (QED) is 0.880. The summed E-state index contributed by atoms with van der Waals surface area (Å²) in [6.45, 7) is 2.70. The zero-order valence-electron chi connectivity index (χ0n) is 11.8. The number of carbonyl (C=O) groups is 1. The third-order valence-electron chi connectivity index (χ3n) is 3.24. The van der Waals surface area contributed by atoms with Crippen LogP contribution < -0.4 is 9.46 Å². The molecule has 1 aliphatic rings. The van der Waals surface area contributed by atoms with E-state index in [1.165, 1.54) is 23.1 Å². The van der Waals surface area contributed by atoms with Crippen LogP contribution in [0.15, 0.2) is 23.1 Å². The van der Waals surface area contributed by atoms with E-state index in [1.54, 1.807) is 14.0 Å². The van der Waals surface area contributed by atoms with Crippen molar-refractivity contribution in [3.8, 4) is 5.75 Å². The molecule has 0 saturated carbocycles. The largest absolute Gasteiger partial charge is 0.492 e. The molecule has 2 rings (SSSR count). The van der Waals surface area contributed by atoms with Crippen molar-refractivity contribution >= 4 is 27.5 Å². The number of likely N-dealkylation sites (tertiary alicyclic amines) is 1. The molecule has 1 aromatic carbocycles. The van der Waals surface area contributed by atoms with Crippen molar-refractivity contribution < 1.29 is 17.9 Å². The van der Waals surface area contributed by atoms with Gasteiger partial charge in [0.25, 0.3) is 0 Å². The average molecular weight is 333 g/mol. The first-order valence-electron chi connectivity index (χ1n) is 6.55. The molecule has 0 aromatic heterocycles. The summed E-state index contributed by atoms with van der Waals surface area (Å²) in [7, 11) is -2.15. The van der Waals surface area contributed by atoms with Crippen LogP contribution in [0.1, 0.15) is 13.3 Å². The molecule has 0 bridgehead atoms. The second kappa shape index (κ2) is 6.21. The Labute approximate surface area is 129 Å². The summed E-state index contributed by atoms with van der Waals surface area (Å²) in [4.78, 5) is 13.3. The summed E-state index contributed by atoms with van der Waals surface area (Å²) in [5.74, 6) is 0.0782. The van der Waals surface area contributed by atoms with Crippen molar-refractivity contribution in [3.63, 3.8) is 0 Å². The number of halogens is 1. The fourth-order valence-corrected chi connectivity index (χ4v) is 3.51. The summed E-state index contributed by atoms with van der Waals surface area (Å²) >= 11 is 5.94. The first-order valence-corrected chi connectivity index (χ1v) is 8.41. The predicted octanol–water partition coefficient (Wildman–Crippen LogP) is 1.25. The third-order valence-corrected chi connectivity index (χ3v) is 5.02. The van der Waals surface area contributed by atoms with Gasteiger partial charge < -0.3 is 9.64 Å². The van der Waals surface area contributed by atoms with Crippen LogP contribution >= 0.6 is 11.6 Å². The molecule has 6 nitrogen and oxygen atoms in total. The zero-order valence-corrected chi connectivity index (χ0v) is 13.4. The van der Waals surface area contributed by atoms with E-state index in [0.717, 1.165) is 0 Å². The van der Waals surface area contributed by atoms with Gasteiger partial charge >= 0.3 is 0 Å². The van der Waals surface area contributed by atoms with E-state index in [1.807, 2.05) is 0 Å². The highest BCUT2D eigenvalue weighted by atomic mass is 35.5. The first-order chi connectivity index (χ1) is 9.85. The maximum Gasteiger partial charge on any atom is 0.241 e. The number of hydrogen-bond acceptors (Lipinski definition) is 4. The fraction of sp³-hybridized carbons (Fsp3) is 0.462. The Morgan fingerprint density at radius 2 is 2.19 bits per heavy atom. The standard InChI is InChI=1S/C13H17ClN2O4S/c1-3-20-12-8-9(4-5-10(12)14)21(18,19)15-11-6-7-16(2)13(11)17/h4-5,8,11,15H,3,6-7H2,1-2H3. The zero-order chi connectivity index (χ0) is 15.6. The minimum atomic E-state index is -3.79. The monoisotopic (exact) mass is 332 g/mol. The van der Waals surface area contributed by atoms with Crippen LogP contribution in [0, 0.1) is 0 Å². The minimum Gasteiger partial charge on any atom is -0.492 e. The number of carbonyl (C=O) groups excluding carboxylic acids is 1. The van der Waals surface area contributed by atoms with Crippen molar-refractivity contribution in [2.75, 3.05) is 20.2 Å². The number of hydrogen-bond donors (Lipinski definition) is 1. The number of benzene rings is 1. The van der Waals surface area contributed by atoms with Gasteiger partial charge in [0.2, 0.25) is 15.9 Å². The molecule has 1 unspecified atom stereocenters. The van der Waals surface area contributed by atoms with Gasteiger partial charge in [-0.05, 0) is 25.5 Å². The van der Waals surface area contributed by atoms with Crippen LogP contribution in [0.3, 0.4) is 0 Å². The Kier molecular flexibility index (Phi) is 4.75. The Bertz CT molecular complexity index is 648. The van der Waals surface area contributed by atoms with Gasteiger partial charge in [-0.25, -0.2) is 8.42 Å². The number of likely N-dealkylation sites (N-methyl/N-ethyl adjacent to an activating group) is 1. The topological polar surface area (TPSA) is 75.7 Å². The Balaban J connectivity index is 2.23. The number of sulfonamides is 1. The van der Waals surface area contributed by atoms with Crippen LogP contribution in [-0.2, 0) is 14.8 Å². The molecule has 1 aromatic rings. The third kappa shape index (κ3) is 3.48. The van der Waals surface area contributed by atoms with Crippen LogP contribution in [-0.4, -0.2) is 45.5 Å². The van der Waals surface area contributed by atoms with Gasteiger partial charge in [0.05, 0.1) is 16.5 Å².